The SMILES string of the molecule is CC(O)CC(C)COC(=O)C(C)CC(C)(C)N. The van der Waals surface area contributed by atoms with Gasteiger partial charge in [0.05, 0.1) is 18.6 Å². The zero-order valence-corrected chi connectivity index (χ0v) is 11.7. The average molecular weight is 245 g/mol. The van der Waals surface area contributed by atoms with Gasteiger partial charge in [0.15, 0.2) is 0 Å². The predicted molar refractivity (Wildman–Crippen MR) is 68.5 cm³/mol. The van der Waals surface area contributed by atoms with Crippen molar-refractivity contribution >= 4 is 5.97 Å². The molecule has 0 bridgehead atoms. The topological polar surface area (TPSA) is 72.5 Å². The third-order valence-electron chi connectivity index (χ3n) is 2.49. The molecular weight excluding hydrogens is 218 g/mol. The lowest BCUT2D eigenvalue weighted by molar-refractivity contribution is -0.150. The number of carbonyl (C=O) groups excluding carboxylic acids is 1. The lowest BCUT2D eigenvalue weighted by Crippen LogP contribution is -2.36. The van der Waals surface area contributed by atoms with E-state index >= 15 is 0 Å². The average Bonchev–Trinajstić information content (AvgIpc) is 2.10. The maximum atomic E-state index is 11.7. The Morgan fingerprint density at radius 2 is 1.88 bits per heavy atom. The van der Waals surface area contributed by atoms with Crippen molar-refractivity contribution in [3.8, 4) is 0 Å². The Morgan fingerprint density at radius 3 is 2.29 bits per heavy atom. The van der Waals surface area contributed by atoms with Crippen molar-refractivity contribution in [3.63, 3.8) is 0 Å². The van der Waals surface area contributed by atoms with Crippen LogP contribution in [0, 0.1) is 11.8 Å². The smallest absolute Gasteiger partial charge is 0.308 e. The third kappa shape index (κ3) is 9.12. The first-order chi connectivity index (χ1) is 7.61. The van der Waals surface area contributed by atoms with Crippen molar-refractivity contribution in [3.05, 3.63) is 0 Å². The second-order valence-corrected chi connectivity index (χ2v) is 5.91. The molecule has 0 aromatic heterocycles. The molecule has 0 aliphatic rings. The van der Waals surface area contributed by atoms with Crippen LogP contribution >= 0.6 is 0 Å². The molecule has 0 aromatic rings. The van der Waals surface area contributed by atoms with Crippen LogP contribution in [0.1, 0.15) is 47.5 Å². The van der Waals surface area contributed by atoms with E-state index < -0.39 is 0 Å². The highest BCUT2D eigenvalue weighted by molar-refractivity contribution is 5.72. The molecule has 3 N–H and O–H groups in total. The summed E-state index contributed by atoms with van der Waals surface area (Å²) < 4.78 is 5.21. The van der Waals surface area contributed by atoms with Crippen LogP contribution in [0.5, 0.6) is 0 Å². The van der Waals surface area contributed by atoms with Crippen molar-refractivity contribution in [2.75, 3.05) is 6.61 Å². The van der Waals surface area contributed by atoms with Gasteiger partial charge in [-0.05, 0) is 39.5 Å². The zero-order valence-electron chi connectivity index (χ0n) is 11.7. The van der Waals surface area contributed by atoms with Crippen molar-refractivity contribution < 1.29 is 14.6 Å². The summed E-state index contributed by atoms with van der Waals surface area (Å²) in [5.74, 6) is -0.216. The van der Waals surface area contributed by atoms with Gasteiger partial charge in [-0.2, -0.15) is 0 Å². The molecule has 0 aliphatic heterocycles. The van der Waals surface area contributed by atoms with E-state index in [0.29, 0.717) is 19.4 Å². The molecule has 0 aromatic carbocycles. The van der Waals surface area contributed by atoms with Gasteiger partial charge in [-0.15, -0.1) is 0 Å². The first-order valence-electron chi connectivity index (χ1n) is 6.25. The molecule has 3 unspecified atom stereocenters. The maximum absolute atomic E-state index is 11.7. The van der Waals surface area contributed by atoms with E-state index in [1.807, 2.05) is 27.7 Å². The van der Waals surface area contributed by atoms with Gasteiger partial charge in [0.1, 0.15) is 0 Å². The monoisotopic (exact) mass is 245 g/mol. The molecule has 4 nitrogen and oxygen atoms in total. The standard InChI is InChI=1S/C13H27NO3/c1-9(6-11(3)15)8-17-12(16)10(2)7-13(4,5)14/h9-11,15H,6-8,14H2,1-5H3. The number of nitrogens with two attached hydrogens (primary N) is 1. The zero-order chi connectivity index (χ0) is 13.6. The molecule has 17 heavy (non-hydrogen) atoms. The number of aliphatic hydroxyl groups excluding tert-OH is 1. The van der Waals surface area contributed by atoms with Crippen LogP contribution in [0.3, 0.4) is 0 Å². The summed E-state index contributed by atoms with van der Waals surface area (Å²) in [6, 6.07) is 0. The van der Waals surface area contributed by atoms with Crippen LogP contribution in [0.4, 0.5) is 0 Å². The van der Waals surface area contributed by atoms with Crippen molar-refractivity contribution in [2.24, 2.45) is 17.6 Å². The summed E-state index contributed by atoms with van der Waals surface area (Å²) in [6.07, 6.45) is 0.893. The first-order valence-corrected chi connectivity index (χ1v) is 6.25. The molecule has 0 heterocycles. The molecule has 0 radical (unpaired) electrons. The van der Waals surface area contributed by atoms with E-state index in [4.69, 9.17) is 10.5 Å². The van der Waals surface area contributed by atoms with Crippen LogP contribution in [-0.2, 0) is 9.53 Å². The summed E-state index contributed by atoms with van der Waals surface area (Å²) in [7, 11) is 0. The minimum absolute atomic E-state index is 0.178. The number of esters is 1. The molecule has 102 valence electrons. The fraction of sp³-hybridized carbons (Fsp3) is 0.923. The van der Waals surface area contributed by atoms with Gasteiger partial charge < -0.3 is 15.6 Å². The molecule has 0 saturated carbocycles. The Morgan fingerprint density at radius 1 is 1.35 bits per heavy atom. The van der Waals surface area contributed by atoms with Crippen LogP contribution in [-0.4, -0.2) is 29.3 Å². The van der Waals surface area contributed by atoms with E-state index in [1.54, 1.807) is 6.92 Å². The molecule has 0 rings (SSSR count). The Balaban J connectivity index is 3.93. The van der Waals surface area contributed by atoms with E-state index in [1.165, 1.54) is 0 Å². The summed E-state index contributed by atoms with van der Waals surface area (Å²) in [5.41, 5.74) is 5.50. The second kappa shape index (κ2) is 6.97. The Labute approximate surface area is 105 Å². The van der Waals surface area contributed by atoms with Crippen LogP contribution < -0.4 is 5.73 Å². The van der Waals surface area contributed by atoms with E-state index in [-0.39, 0.29) is 29.4 Å². The molecular formula is C13H27NO3. The van der Waals surface area contributed by atoms with Gasteiger partial charge in [0.2, 0.25) is 0 Å². The Kier molecular flexibility index (Phi) is 6.72. The van der Waals surface area contributed by atoms with Gasteiger partial charge in [-0.25, -0.2) is 0 Å². The molecule has 0 amide bonds. The maximum Gasteiger partial charge on any atom is 0.308 e. The highest BCUT2D eigenvalue weighted by Gasteiger charge is 2.22. The Bertz CT molecular complexity index is 233. The lowest BCUT2D eigenvalue weighted by atomic mass is 9.93. The van der Waals surface area contributed by atoms with Crippen LogP contribution in [0.2, 0.25) is 0 Å². The predicted octanol–water partition coefficient (Wildman–Crippen LogP) is 1.70. The molecule has 0 aliphatic carbocycles. The number of carbonyl (C=O) groups is 1. The van der Waals surface area contributed by atoms with E-state index in [9.17, 15) is 9.90 Å². The Hall–Kier alpha value is -0.610. The number of rotatable bonds is 7. The van der Waals surface area contributed by atoms with Gasteiger partial charge in [0, 0.05) is 5.54 Å². The fourth-order valence-corrected chi connectivity index (χ4v) is 1.89. The largest absolute Gasteiger partial charge is 0.465 e. The fourth-order valence-electron chi connectivity index (χ4n) is 1.89. The number of hydrogen-bond acceptors (Lipinski definition) is 4. The summed E-state index contributed by atoms with van der Waals surface area (Å²) in [5, 5.41) is 9.19. The van der Waals surface area contributed by atoms with Crippen molar-refractivity contribution in [1.82, 2.24) is 0 Å². The highest BCUT2D eigenvalue weighted by atomic mass is 16.5. The van der Waals surface area contributed by atoms with Crippen molar-refractivity contribution in [2.45, 2.75) is 59.1 Å². The second-order valence-electron chi connectivity index (χ2n) is 5.91. The molecule has 4 heteroatoms. The van der Waals surface area contributed by atoms with Crippen LogP contribution in [0.25, 0.3) is 0 Å². The minimum Gasteiger partial charge on any atom is -0.465 e. The molecule has 3 atom stereocenters. The number of aliphatic hydroxyl groups is 1. The van der Waals surface area contributed by atoms with Gasteiger partial charge in [-0.3, -0.25) is 4.79 Å². The van der Waals surface area contributed by atoms with E-state index in [0.717, 1.165) is 0 Å². The number of hydrogen-bond donors (Lipinski definition) is 2. The molecule has 0 saturated heterocycles. The molecule has 0 spiro atoms. The summed E-state index contributed by atoms with van der Waals surface area (Å²) in [6.45, 7) is 9.67. The third-order valence-corrected chi connectivity index (χ3v) is 2.49. The quantitative estimate of drug-likeness (QED) is 0.670. The summed E-state index contributed by atoms with van der Waals surface area (Å²) in [4.78, 5) is 11.7. The highest BCUT2D eigenvalue weighted by Crippen LogP contribution is 2.15. The molecule has 0 fully saturated rings. The van der Waals surface area contributed by atoms with Gasteiger partial charge in [0.25, 0.3) is 0 Å². The lowest BCUT2D eigenvalue weighted by Gasteiger charge is -2.22. The normalized spacial score (nSPS) is 17.4. The first kappa shape index (κ1) is 16.4. The van der Waals surface area contributed by atoms with E-state index in [2.05, 4.69) is 0 Å². The number of ether oxygens (including phenoxy) is 1. The van der Waals surface area contributed by atoms with Gasteiger partial charge >= 0.3 is 5.97 Å². The summed E-state index contributed by atoms with van der Waals surface area (Å²) >= 11 is 0. The van der Waals surface area contributed by atoms with Crippen LogP contribution in [0.15, 0.2) is 0 Å². The minimum atomic E-state index is -0.357. The van der Waals surface area contributed by atoms with Gasteiger partial charge in [-0.1, -0.05) is 13.8 Å². The van der Waals surface area contributed by atoms with Crippen molar-refractivity contribution in [1.29, 1.82) is 0 Å².